The summed E-state index contributed by atoms with van der Waals surface area (Å²) in [6.07, 6.45) is 4.14. The second-order valence-electron chi connectivity index (χ2n) is 8.43. The lowest BCUT2D eigenvalue weighted by Crippen LogP contribution is -2.63. The highest BCUT2D eigenvalue weighted by molar-refractivity contribution is 7.87. The standard InChI is InChI=1S/C16H26F2O9SSi/c1-23-29(24-2,25-3)27-15-7-11-4-12(8-15)6-14(5-11,9-15)10-26-13(19)16(17,18)28(20,21)22/h11-12H,4-10H2,1-3H3,(H,20,21,22). The smallest absolute Gasteiger partial charge is 0.460 e. The molecule has 0 amide bonds. The van der Waals surface area contributed by atoms with E-state index >= 15 is 0 Å². The molecule has 0 heterocycles. The van der Waals surface area contributed by atoms with Crippen molar-refractivity contribution in [2.45, 2.75) is 49.4 Å². The van der Waals surface area contributed by atoms with Gasteiger partial charge >= 0.3 is 30.4 Å². The van der Waals surface area contributed by atoms with E-state index in [2.05, 4.69) is 0 Å². The lowest BCUT2D eigenvalue weighted by molar-refractivity contribution is -0.204. The minimum Gasteiger partial charge on any atom is -0.460 e. The molecular weight excluding hydrogens is 434 g/mol. The molecule has 0 radical (unpaired) electrons. The molecule has 9 nitrogen and oxygen atoms in total. The molecule has 0 aromatic rings. The molecule has 13 heteroatoms. The zero-order chi connectivity index (χ0) is 21.7. The third kappa shape index (κ3) is 4.10. The van der Waals surface area contributed by atoms with Crippen LogP contribution in [0.1, 0.15) is 38.5 Å². The van der Waals surface area contributed by atoms with Crippen LogP contribution in [0.25, 0.3) is 0 Å². The summed E-state index contributed by atoms with van der Waals surface area (Å²) in [5.74, 6) is -1.79. The van der Waals surface area contributed by atoms with Crippen LogP contribution in [0.5, 0.6) is 0 Å². The predicted molar refractivity (Wildman–Crippen MR) is 95.2 cm³/mol. The summed E-state index contributed by atoms with van der Waals surface area (Å²) >= 11 is 0. The Labute approximate surface area is 169 Å². The number of rotatable bonds is 9. The van der Waals surface area contributed by atoms with Crippen molar-refractivity contribution in [1.82, 2.24) is 0 Å². The van der Waals surface area contributed by atoms with Crippen LogP contribution in [0, 0.1) is 17.3 Å². The normalized spacial score (nSPS) is 34.4. The maximum Gasteiger partial charge on any atom is 0.679 e. The Morgan fingerprint density at radius 3 is 2.07 bits per heavy atom. The summed E-state index contributed by atoms with van der Waals surface area (Å²) in [4.78, 5) is 11.7. The first-order chi connectivity index (χ1) is 13.3. The fourth-order valence-corrected chi connectivity index (χ4v) is 7.49. The molecule has 0 aliphatic heterocycles. The third-order valence-electron chi connectivity index (χ3n) is 6.29. The fourth-order valence-electron chi connectivity index (χ4n) is 5.70. The highest BCUT2D eigenvalue weighted by Crippen LogP contribution is 2.63. The largest absolute Gasteiger partial charge is 0.679 e. The van der Waals surface area contributed by atoms with Crippen LogP contribution in [0.3, 0.4) is 0 Å². The van der Waals surface area contributed by atoms with Gasteiger partial charge in [0.2, 0.25) is 0 Å². The van der Waals surface area contributed by atoms with E-state index in [0.717, 1.165) is 19.3 Å². The molecule has 0 aromatic heterocycles. The van der Waals surface area contributed by atoms with Crippen LogP contribution in [0.4, 0.5) is 8.78 Å². The Balaban J connectivity index is 1.78. The summed E-state index contributed by atoms with van der Waals surface area (Å²) < 4.78 is 84.3. The second-order valence-corrected chi connectivity index (χ2v) is 12.3. The van der Waals surface area contributed by atoms with Crippen LogP contribution in [0.15, 0.2) is 0 Å². The lowest BCUT2D eigenvalue weighted by Gasteiger charge is -2.62. The molecule has 0 spiro atoms. The molecule has 29 heavy (non-hydrogen) atoms. The Morgan fingerprint density at radius 2 is 1.62 bits per heavy atom. The van der Waals surface area contributed by atoms with Crippen molar-refractivity contribution in [1.29, 1.82) is 0 Å². The highest BCUT2D eigenvalue weighted by atomic mass is 32.2. The quantitative estimate of drug-likeness (QED) is 0.312. The van der Waals surface area contributed by atoms with E-state index in [-0.39, 0.29) is 18.4 Å². The van der Waals surface area contributed by atoms with Crippen LogP contribution < -0.4 is 0 Å². The third-order valence-corrected chi connectivity index (χ3v) is 9.29. The zero-order valence-electron chi connectivity index (χ0n) is 16.5. The Bertz CT molecular complexity index is 733. The van der Waals surface area contributed by atoms with Gasteiger partial charge in [0.15, 0.2) is 0 Å². The number of alkyl halides is 2. The summed E-state index contributed by atoms with van der Waals surface area (Å²) in [5, 5.41) is -5.01. The summed E-state index contributed by atoms with van der Waals surface area (Å²) in [5.41, 5.74) is -1.28. The Morgan fingerprint density at radius 1 is 1.10 bits per heavy atom. The van der Waals surface area contributed by atoms with Gasteiger partial charge in [-0.25, -0.2) is 4.79 Å². The number of hydrogen-bond donors (Lipinski definition) is 1. The van der Waals surface area contributed by atoms with Gasteiger partial charge in [0.1, 0.15) is 0 Å². The van der Waals surface area contributed by atoms with Crippen LogP contribution in [-0.2, 0) is 37.4 Å². The minimum atomic E-state index is -5.90. The van der Waals surface area contributed by atoms with E-state index in [1.165, 1.54) is 21.3 Å². The average molecular weight is 461 g/mol. The Kier molecular flexibility index (Phi) is 5.91. The van der Waals surface area contributed by atoms with Gasteiger partial charge in [0, 0.05) is 26.7 Å². The average Bonchev–Trinajstić information content (AvgIpc) is 2.62. The molecule has 2 atom stereocenters. The van der Waals surface area contributed by atoms with Gasteiger partial charge in [-0.05, 0) is 50.4 Å². The van der Waals surface area contributed by atoms with E-state index in [9.17, 15) is 22.0 Å². The first-order valence-corrected chi connectivity index (χ1v) is 12.3. The molecule has 4 aliphatic rings. The van der Waals surface area contributed by atoms with Crippen LogP contribution in [-0.4, -0.2) is 66.8 Å². The number of halogens is 2. The molecule has 0 saturated heterocycles. The van der Waals surface area contributed by atoms with E-state index in [0.29, 0.717) is 19.3 Å². The SMILES string of the molecule is CO[Si](OC)(OC)OC12CC3CC(CC(COC(=O)C(F)(F)S(=O)(=O)O)(C3)C1)C2. The van der Waals surface area contributed by atoms with Crippen molar-refractivity contribution >= 4 is 25.1 Å². The summed E-state index contributed by atoms with van der Waals surface area (Å²) in [6, 6.07) is 0. The van der Waals surface area contributed by atoms with Crippen molar-refractivity contribution in [2.75, 3.05) is 27.9 Å². The topological polar surface area (TPSA) is 118 Å². The van der Waals surface area contributed by atoms with E-state index in [4.69, 9.17) is 27.0 Å². The zero-order valence-corrected chi connectivity index (χ0v) is 18.3. The van der Waals surface area contributed by atoms with Crippen molar-refractivity contribution in [3.63, 3.8) is 0 Å². The Hall–Kier alpha value is -0.703. The summed E-state index contributed by atoms with van der Waals surface area (Å²) in [7, 11) is -5.00. The van der Waals surface area contributed by atoms with Gasteiger partial charge in [0.25, 0.3) is 0 Å². The molecule has 4 aliphatic carbocycles. The molecular formula is C16H26F2O9SSi. The number of ether oxygens (including phenoxy) is 1. The summed E-state index contributed by atoms with van der Waals surface area (Å²) in [6.45, 7) is -0.378. The van der Waals surface area contributed by atoms with Gasteiger partial charge in [0.05, 0.1) is 12.2 Å². The molecule has 1 N–H and O–H groups in total. The van der Waals surface area contributed by atoms with Crippen LogP contribution >= 0.6 is 0 Å². The second kappa shape index (κ2) is 7.46. The van der Waals surface area contributed by atoms with Gasteiger partial charge in [-0.3, -0.25) is 4.55 Å². The van der Waals surface area contributed by atoms with E-state index in [1.807, 2.05) is 0 Å². The van der Waals surface area contributed by atoms with Crippen LogP contribution in [0.2, 0.25) is 0 Å². The molecule has 4 bridgehead atoms. The molecule has 168 valence electrons. The highest BCUT2D eigenvalue weighted by Gasteiger charge is 2.63. The maximum absolute atomic E-state index is 13.5. The minimum absolute atomic E-state index is 0.245. The molecule has 0 aromatic carbocycles. The van der Waals surface area contributed by atoms with Crippen molar-refractivity contribution in [2.24, 2.45) is 17.3 Å². The number of esters is 1. The molecule has 4 saturated carbocycles. The monoisotopic (exact) mass is 460 g/mol. The van der Waals surface area contributed by atoms with Gasteiger partial charge < -0.3 is 22.4 Å². The van der Waals surface area contributed by atoms with E-state index in [1.54, 1.807) is 0 Å². The van der Waals surface area contributed by atoms with E-state index < -0.39 is 41.4 Å². The molecule has 2 unspecified atom stereocenters. The first kappa shape index (κ1) is 23.0. The van der Waals surface area contributed by atoms with Crippen molar-refractivity contribution < 1.29 is 49.0 Å². The molecule has 4 rings (SSSR count). The van der Waals surface area contributed by atoms with Gasteiger partial charge in [-0.15, -0.1) is 0 Å². The number of hydrogen-bond acceptors (Lipinski definition) is 8. The van der Waals surface area contributed by atoms with Crippen molar-refractivity contribution in [3.8, 4) is 0 Å². The van der Waals surface area contributed by atoms with Gasteiger partial charge in [-0.1, -0.05) is 0 Å². The predicted octanol–water partition coefficient (Wildman–Crippen LogP) is 1.74. The maximum atomic E-state index is 13.5. The van der Waals surface area contributed by atoms with Gasteiger partial charge in [-0.2, -0.15) is 17.2 Å². The molecule has 4 fully saturated rings. The first-order valence-electron chi connectivity index (χ1n) is 9.21. The number of carbonyl (C=O) groups is 1. The lowest BCUT2D eigenvalue weighted by atomic mass is 9.48. The fraction of sp³-hybridized carbons (Fsp3) is 0.938. The van der Waals surface area contributed by atoms with Crippen molar-refractivity contribution in [3.05, 3.63) is 0 Å². The number of carbonyl (C=O) groups excluding carboxylic acids is 1.